The summed E-state index contributed by atoms with van der Waals surface area (Å²) < 4.78 is 0. The van der Waals surface area contributed by atoms with Crippen LogP contribution in [0.15, 0.2) is 36.4 Å². The normalized spacial score (nSPS) is 17.8. The minimum Gasteiger partial charge on any atom is -0.336 e. The van der Waals surface area contributed by atoms with Crippen molar-refractivity contribution in [2.24, 2.45) is 0 Å². The molecule has 2 rings (SSSR count). The van der Waals surface area contributed by atoms with Gasteiger partial charge in [-0.1, -0.05) is 62.6 Å². The van der Waals surface area contributed by atoms with Gasteiger partial charge in [0.05, 0.1) is 6.04 Å². The molecule has 1 aromatic rings. The zero-order chi connectivity index (χ0) is 17.2. The third-order valence-corrected chi connectivity index (χ3v) is 4.71. The van der Waals surface area contributed by atoms with E-state index in [9.17, 15) is 9.59 Å². The summed E-state index contributed by atoms with van der Waals surface area (Å²) in [6, 6.07) is 7.88. The van der Waals surface area contributed by atoms with Crippen molar-refractivity contribution in [1.82, 2.24) is 4.90 Å². The first-order chi connectivity index (χ1) is 11.7. The lowest BCUT2D eigenvalue weighted by atomic mass is 10.1. The van der Waals surface area contributed by atoms with E-state index in [0.29, 0.717) is 12.0 Å². The zero-order valence-electron chi connectivity index (χ0n) is 14.7. The molecule has 1 aromatic carbocycles. The Labute approximate surface area is 145 Å². The molecule has 0 radical (unpaired) electrons. The van der Waals surface area contributed by atoms with Gasteiger partial charge in [0, 0.05) is 18.5 Å². The first-order valence-corrected chi connectivity index (χ1v) is 9.25. The van der Waals surface area contributed by atoms with Crippen molar-refractivity contribution in [1.29, 1.82) is 0 Å². The van der Waals surface area contributed by atoms with E-state index in [1.54, 1.807) is 0 Å². The largest absolute Gasteiger partial charge is 0.336 e. The predicted octanol–water partition coefficient (Wildman–Crippen LogP) is 4.56. The van der Waals surface area contributed by atoms with Gasteiger partial charge in [-0.25, -0.2) is 0 Å². The minimum absolute atomic E-state index is 0.262. The van der Waals surface area contributed by atoms with Crippen LogP contribution >= 0.6 is 0 Å². The van der Waals surface area contributed by atoms with Gasteiger partial charge in [0.2, 0.25) is 5.91 Å². The molecule has 1 fully saturated rings. The number of allylic oxidation sites excluding steroid dienone is 1. The van der Waals surface area contributed by atoms with Crippen LogP contribution in [-0.2, 0) is 11.2 Å². The molecule has 1 unspecified atom stereocenters. The summed E-state index contributed by atoms with van der Waals surface area (Å²) in [5, 5.41) is 0. The molecule has 0 N–H and O–H groups in total. The van der Waals surface area contributed by atoms with Gasteiger partial charge < -0.3 is 4.90 Å². The number of likely N-dealkylation sites (tertiary alicyclic amines) is 1. The Hall–Kier alpha value is -1.90. The van der Waals surface area contributed by atoms with Crippen molar-refractivity contribution in [2.45, 2.75) is 64.3 Å². The summed E-state index contributed by atoms with van der Waals surface area (Å²) in [6.45, 7) is 2.98. The van der Waals surface area contributed by atoms with E-state index < -0.39 is 0 Å². The number of carbonyl (C=O) groups excluding carboxylic acids is 2. The van der Waals surface area contributed by atoms with Gasteiger partial charge in [0.1, 0.15) is 6.29 Å². The van der Waals surface area contributed by atoms with Crippen LogP contribution in [0.4, 0.5) is 0 Å². The third kappa shape index (κ3) is 5.63. The summed E-state index contributed by atoms with van der Waals surface area (Å²) in [5.74, 6) is 0.264. The SMILES string of the molecule is CCCCCC/C=C/C1CCC(=O)N1CCc1ccc(C=O)cc1. The maximum Gasteiger partial charge on any atom is 0.223 e. The standard InChI is InChI=1S/C21H29NO2/c1-2-3-4-5-6-7-8-20-13-14-21(24)22(20)16-15-18-9-11-19(17-23)12-10-18/h7-12,17,20H,2-6,13-16H2,1H3/b8-7+. The van der Waals surface area contributed by atoms with Crippen molar-refractivity contribution in [3.8, 4) is 0 Å². The van der Waals surface area contributed by atoms with E-state index in [0.717, 1.165) is 32.1 Å². The van der Waals surface area contributed by atoms with Crippen LogP contribution < -0.4 is 0 Å². The molecule has 3 heteroatoms. The van der Waals surface area contributed by atoms with Crippen LogP contribution in [0.25, 0.3) is 0 Å². The summed E-state index contributed by atoms with van der Waals surface area (Å²) in [5.41, 5.74) is 1.86. The van der Waals surface area contributed by atoms with Gasteiger partial charge >= 0.3 is 0 Å². The molecule has 0 bridgehead atoms. The summed E-state index contributed by atoms with van der Waals surface area (Å²) in [4.78, 5) is 24.8. The fourth-order valence-corrected chi connectivity index (χ4v) is 3.20. The highest BCUT2D eigenvalue weighted by Crippen LogP contribution is 2.21. The number of amides is 1. The molecule has 3 nitrogen and oxygen atoms in total. The molecule has 130 valence electrons. The Kier molecular flexibility index (Phi) is 7.73. The van der Waals surface area contributed by atoms with Gasteiger partial charge in [-0.3, -0.25) is 9.59 Å². The second-order valence-corrected chi connectivity index (χ2v) is 6.58. The van der Waals surface area contributed by atoms with E-state index in [1.165, 1.54) is 31.2 Å². The maximum absolute atomic E-state index is 12.1. The van der Waals surface area contributed by atoms with Crippen molar-refractivity contribution in [2.75, 3.05) is 6.54 Å². The quantitative estimate of drug-likeness (QED) is 0.359. The van der Waals surface area contributed by atoms with Gasteiger partial charge in [-0.15, -0.1) is 0 Å². The van der Waals surface area contributed by atoms with Crippen molar-refractivity contribution in [3.05, 3.63) is 47.5 Å². The second-order valence-electron chi connectivity index (χ2n) is 6.58. The first-order valence-electron chi connectivity index (χ1n) is 9.25. The number of carbonyl (C=O) groups is 2. The number of rotatable bonds is 10. The van der Waals surface area contributed by atoms with Crippen molar-refractivity contribution >= 4 is 12.2 Å². The van der Waals surface area contributed by atoms with Crippen LogP contribution in [0, 0.1) is 0 Å². The highest BCUT2D eigenvalue weighted by Gasteiger charge is 2.28. The smallest absolute Gasteiger partial charge is 0.223 e. The van der Waals surface area contributed by atoms with Crippen LogP contribution in [0.1, 0.15) is 67.8 Å². The Morgan fingerprint density at radius 1 is 1.17 bits per heavy atom. The molecule has 1 heterocycles. The molecule has 0 saturated carbocycles. The predicted molar refractivity (Wildman–Crippen MR) is 98.2 cm³/mol. The average molecular weight is 327 g/mol. The highest BCUT2D eigenvalue weighted by molar-refractivity contribution is 5.79. The molecular formula is C21H29NO2. The minimum atomic E-state index is 0.262. The van der Waals surface area contributed by atoms with E-state index in [-0.39, 0.29) is 11.9 Å². The van der Waals surface area contributed by atoms with E-state index in [1.807, 2.05) is 29.2 Å². The van der Waals surface area contributed by atoms with Gasteiger partial charge in [-0.2, -0.15) is 0 Å². The lowest BCUT2D eigenvalue weighted by molar-refractivity contribution is -0.128. The fourth-order valence-electron chi connectivity index (χ4n) is 3.20. The lowest BCUT2D eigenvalue weighted by Gasteiger charge is -2.22. The molecule has 1 aliphatic rings. The lowest BCUT2D eigenvalue weighted by Crippen LogP contribution is -2.33. The summed E-state index contributed by atoms with van der Waals surface area (Å²) in [6.07, 6.45) is 14.0. The van der Waals surface area contributed by atoms with Crippen LogP contribution in [0.5, 0.6) is 0 Å². The fraction of sp³-hybridized carbons (Fsp3) is 0.524. The maximum atomic E-state index is 12.1. The monoisotopic (exact) mass is 327 g/mol. The van der Waals surface area contributed by atoms with E-state index in [2.05, 4.69) is 19.1 Å². The zero-order valence-corrected chi connectivity index (χ0v) is 14.7. The topological polar surface area (TPSA) is 37.4 Å². The van der Waals surface area contributed by atoms with Crippen molar-refractivity contribution < 1.29 is 9.59 Å². The van der Waals surface area contributed by atoms with Gasteiger partial charge in [0.15, 0.2) is 0 Å². The molecule has 1 atom stereocenters. The van der Waals surface area contributed by atoms with E-state index >= 15 is 0 Å². The van der Waals surface area contributed by atoms with Crippen LogP contribution in [0.3, 0.4) is 0 Å². The third-order valence-electron chi connectivity index (χ3n) is 4.71. The second kappa shape index (κ2) is 10.1. The number of nitrogens with zero attached hydrogens (tertiary/aromatic N) is 1. The number of hydrogen-bond acceptors (Lipinski definition) is 2. The Balaban J connectivity index is 1.81. The highest BCUT2D eigenvalue weighted by atomic mass is 16.2. The molecule has 0 aromatic heterocycles. The van der Waals surface area contributed by atoms with Crippen LogP contribution in [0.2, 0.25) is 0 Å². The number of hydrogen-bond donors (Lipinski definition) is 0. The number of aldehydes is 1. The number of benzene rings is 1. The molecule has 1 amide bonds. The summed E-state index contributed by atoms with van der Waals surface area (Å²) >= 11 is 0. The molecule has 1 aliphatic heterocycles. The Bertz CT molecular complexity index is 547. The first kappa shape index (κ1) is 18.4. The summed E-state index contributed by atoms with van der Waals surface area (Å²) in [7, 11) is 0. The molecule has 0 spiro atoms. The van der Waals surface area contributed by atoms with Crippen molar-refractivity contribution in [3.63, 3.8) is 0 Å². The average Bonchev–Trinajstić information content (AvgIpc) is 2.96. The number of unbranched alkanes of at least 4 members (excludes halogenated alkanes) is 4. The van der Waals surface area contributed by atoms with Crippen LogP contribution in [-0.4, -0.2) is 29.7 Å². The van der Waals surface area contributed by atoms with Gasteiger partial charge in [0.25, 0.3) is 0 Å². The molecular weight excluding hydrogens is 298 g/mol. The molecule has 0 aliphatic carbocycles. The Morgan fingerprint density at radius 3 is 2.67 bits per heavy atom. The van der Waals surface area contributed by atoms with E-state index in [4.69, 9.17) is 0 Å². The van der Waals surface area contributed by atoms with Gasteiger partial charge in [-0.05, 0) is 31.2 Å². The molecule has 1 saturated heterocycles. The molecule has 24 heavy (non-hydrogen) atoms. The Morgan fingerprint density at radius 2 is 1.96 bits per heavy atom.